The summed E-state index contributed by atoms with van der Waals surface area (Å²) < 4.78 is 1.02. The number of hydrogen-bond donors (Lipinski definition) is 0. The Morgan fingerprint density at radius 1 is 1.32 bits per heavy atom. The van der Waals surface area contributed by atoms with Gasteiger partial charge in [-0.2, -0.15) is 0 Å². The zero-order valence-corrected chi connectivity index (χ0v) is 14.3. The first-order chi connectivity index (χ1) is 10.7. The minimum Gasteiger partial charge on any atom is -0.355 e. The zero-order valence-electron chi connectivity index (χ0n) is 12.7. The molecule has 1 unspecified atom stereocenters. The Balaban J connectivity index is 1.63. The highest BCUT2D eigenvalue weighted by Crippen LogP contribution is 2.20. The van der Waals surface area contributed by atoms with Crippen LogP contribution in [0, 0.1) is 0 Å². The highest BCUT2D eigenvalue weighted by atomic mass is 79.9. The van der Waals surface area contributed by atoms with Gasteiger partial charge < -0.3 is 4.90 Å². The topological polar surface area (TPSA) is 45.2 Å². The van der Waals surface area contributed by atoms with Gasteiger partial charge in [-0.1, -0.05) is 0 Å². The van der Waals surface area contributed by atoms with Gasteiger partial charge in [-0.3, -0.25) is 9.88 Å². The number of anilines is 1. The van der Waals surface area contributed by atoms with Gasteiger partial charge >= 0.3 is 0 Å². The maximum Gasteiger partial charge on any atom is 0.131 e. The van der Waals surface area contributed by atoms with Gasteiger partial charge in [-0.05, 0) is 53.5 Å². The minimum absolute atomic E-state index is 0.485. The molecule has 0 aliphatic carbocycles. The van der Waals surface area contributed by atoms with Crippen LogP contribution in [0.2, 0.25) is 0 Å². The number of likely N-dealkylation sites (N-methyl/N-ethyl adjacent to an activating group) is 1. The summed E-state index contributed by atoms with van der Waals surface area (Å²) in [5.74, 6) is 0.989. The number of pyridine rings is 1. The Kier molecular flexibility index (Phi) is 5.00. The van der Waals surface area contributed by atoms with Crippen LogP contribution >= 0.6 is 15.9 Å². The molecule has 5 nitrogen and oxygen atoms in total. The SMILES string of the molecule is CN(c1ccncn1)C1CCCN(Cc2ccc(Br)cn2)C1. The Morgan fingerprint density at radius 3 is 2.95 bits per heavy atom. The molecule has 1 saturated heterocycles. The van der Waals surface area contributed by atoms with E-state index in [0.29, 0.717) is 6.04 Å². The summed E-state index contributed by atoms with van der Waals surface area (Å²) in [7, 11) is 2.12. The molecule has 2 aromatic heterocycles. The number of likely N-dealkylation sites (tertiary alicyclic amines) is 1. The van der Waals surface area contributed by atoms with E-state index in [-0.39, 0.29) is 0 Å². The number of halogens is 1. The lowest BCUT2D eigenvalue weighted by atomic mass is 10.0. The fraction of sp³-hybridized carbons (Fsp3) is 0.438. The summed E-state index contributed by atoms with van der Waals surface area (Å²) in [6.45, 7) is 3.07. The van der Waals surface area contributed by atoms with Crippen LogP contribution in [0.15, 0.2) is 41.4 Å². The van der Waals surface area contributed by atoms with Crippen molar-refractivity contribution < 1.29 is 0 Å². The molecular formula is C16H20BrN5. The molecule has 0 radical (unpaired) electrons. The maximum atomic E-state index is 4.48. The van der Waals surface area contributed by atoms with Crippen LogP contribution < -0.4 is 4.90 Å². The Hall–Kier alpha value is -1.53. The molecular weight excluding hydrogens is 342 g/mol. The highest BCUT2D eigenvalue weighted by Gasteiger charge is 2.24. The van der Waals surface area contributed by atoms with Crippen LogP contribution in [-0.4, -0.2) is 46.0 Å². The van der Waals surface area contributed by atoms with E-state index in [0.717, 1.165) is 35.6 Å². The summed E-state index contributed by atoms with van der Waals surface area (Å²) in [5.41, 5.74) is 1.12. The number of nitrogens with zero attached hydrogens (tertiary/aromatic N) is 5. The third-order valence-corrected chi connectivity index (χ3v) is 4.60. The average molecular weight is 362 g/mol. The molecule has 0 amide bonds. The summed E-state index contributed by atoms with van der Waals surface area (Å²) in [6, 6.07) is 6.59. The lowest BCUT2D eigenvalue weighted by molar-refractivity contribution is 0.196. The molecule has 3 rings (SSSR count). The van der Waals surface area contributed by atoms with Crippen LogP contribution in [0.3, 0.4) is 0 Å². The first kappa shape index (κ1) is 15.4. The molecule has 116 valence electrons. The summed E-state index contributed by atoms with van der Waals surface area (Å²) in [6.07, 6.45) is 7.68. The van der Waals surface area contributed by atoms with E-state index in [2.05, 4.69) is 59.9 Å². The molecule has 22 heavy (non-hydrogen) atoms. The van der Waals surface area contributed by atoms with Crippen molar-refractivity contribution in [3.05, 3.63) is 47.1 Å². The van der Waals surface area contributed by atoms with Gasteiger partial charge in [-0.15, -0.1) is 0 Å². The van der Waals surface area contributed by atoms with E-state index in [1.165, 1.54) is 12.8 Å². The fourth-order valence-corrected chi connectivity index (χ4v) is 3.13. The fourth-order valence-electron chi connectivity index (χ4n) is 2.90. The first-order valence-electron chi connectivity index (χ1n) is 7.54. The van der Waals surface area contributed by atoms with E-state index in [1.807, 2.05) is 12.3 Å². The monoisotopic (exact) mass is 361 g/mol. The molecule has 0 bridgehead atoms. The third-order valence-electron chi connectivity index (χ3n) is 4.13. The zero-order chi connectivity index (χ0) is 15.4. The maximum absolute atomic E-state index is 4.48. The molecule has 1 fully saturated rings. The van der Waals surface area contributed by atoms with E-state index >= 15 is 0 Å². The molecule has 0 aromatic carbocycles. The summed E-state index contributed by atoms with van der Waals surface area (Å²) in [4.78, 5) is 17.6. The summed E-state index contributed by atoms with van der Waals surface area (Å²) >= 11 is 3.43. The van der Waals surface area contributed by atoms with Crippen LogP contribution in [0.5, 0.6) is 0 Å². The highest BCUT2D eigenvalue weighted by molar-refractivity contribution is 9.10. The quantitative estimate of drug-likeness (QED) is 0.837. The molecule has 1 atom stereocenters. The molecule has 0 saturated carbocycles. The van der Waals surface area contributed by atoms with Crippen molar-refractivity contribution >= 4 is 21.7 Å². The van der Waals surface area contributed by atoms with Crippen LogP contribution in [0.25, 0.3) is 0 Å². The van der Waals surface area contributed by atoms with Crippen molar-refractivity contribution in [3.8, 4) is 0 Å². The van der Waals surface area contributed by atoms with Gasteiger partial charge in [0.15, 0.2) is 0 Å². The lowest BCUT2D eigenvalue weighted by Gasteiger charge is -2.38. The lowest BCUT2D eigenvalue weighted by Crippen LogP contribution is -2.46. The van der Waals surface area contributed by atoms with Crippen molar-refractivity contribution in [2.75, 3.05) is 25.0 Å². The largest absolute Gasteiger partial charge is 0.355 e. The Morgan fingerprint density at radius 2 is 2.23 bits per heavy atom. The average Bonchev–Trinajstić information content (AvgIpc) is 2.57. The number of hydrogen-bond acceptors (Lipinski definition) is 5. The van der Waals surface area contributed by atoms with Gasteiger partial charge in [0, 0.05) is 43.0 Å². The minimum atomic E-state index is 0.485. The molecule has 0 N–H and O–H groups in total. The second-order valence-corrected chi connectivity index (χ2v) is 6.59. The van der Waals surface area contributed by atoms with Gasteiger partial charge in [0.1, 0.15) is 12.1 Å². The van der Waals surface area contributed by atoms with E-state index in [4.69, 9.17) is 0 Å². The van der Waals surface area contributed by atoms with Crippen molar-refractivity contribution in [1.82, 2.24) is 19.9 Å². The van der Waals surface area contributed by atoms with Gasteiger partial charge in [-0.25, -0.2) is 9.97 Å². The standard InChI is InChI=1S/C16H20BrN5/c1-21(16-6-7-18-12-20-16)15-3-2-8-22(11-15)10-14-5-4-13(17)9-19-14/h4-7,9,12,15H,2-3,8,10-11H2,1H3. The van der Waals surface area contributed by atoms with Crippen LogP contribution in [-0.2, 0) is 6.54 Å². The third kappa shape index (κ3) is 3.81. The Labute approximate surface area is 139 Å². The van der Waals surface area contributed by atoms with Crippen molar-refractivity contribution in [2.45, 2.75) is 25.4 Å². The van der Waals surface area contributed by atoms with Gasteiger partial charge in [0.2, 0.25) is 0 Å². The smallest absolute Gasteiger partial charge is 0.131 e. The van der Waals surface area contributed by atoms with Gasteiger partial charge in [0.25, 0.3) is 0 Å². The predicted molar refractivity (Wildman–Crippen MR) is 90.7 cm³/mol. The second kappa shape index (κ2) is 7.15. The molecule has 3 heterocycles. The molecule has 0 spiro atoms. The second-order valence-electron chi connectivity index (χ2n) is 5.68. The van der Waals surface area contributed by atoms with E-state index in [9.17, 15) is 0 Å². The van der Waals surface area contributed by atoms with Crippen molar-refractivity contribution in [3.63, 3.8) is 0 Å². The molecule has 1 aliphatic rings. The van der Waals surface area contributed by atoms with Crippen molar-refractivity contribution in [2.24, 2.45) is 0 Å². The molecule has 2 aromatic rings. The first-order valence-corrected chi connectivity index (χ1v) is 8.33. The normalized spacial score (nSPS) is 19.1. The van der Waals surface area contributed by atoms with E-state index in [1.54, 1.807) is 12.5 Å². The molecule has 6 heteroatoms. The molecule has 1 aliphatic heterocycles. The number of piperidine rings is 1. The van der Waals surface area contributed by atoms with Crippen LogP contribution in [0.1, 0.15) is 18.5 Å². The predicted octanol–water partition coefficient (Wildman–Crippen LogP) is 2.73. The van der Waals surface area contributed by atoms with E-state index < -0.39 is 0 Å². The number of aromatic nitrogens is 3. The van der Waals surface area contributed by atoms with Gasteiger partial charge in [0.05, 0.1) is 5.69 Å². The Bertz CT molecular complexity index is 589. The summed E-state index contributed by atoms with van der Waals surface area (Å²) in [5, 5.41) is 0. The van der Waals surface area contributed by atoms with Crippen molar-refractivity contribution in [1.29, 1.82) is 0 Å². The number of rotatable bonds is 4. The van der Waals surface area contributed by atoms with Crippen LogP contribution in [0.4, 0.5) is 5.82 Å².